The predicted octanol–water partition coefficient (Wildman–Crippen LogP) is 3.39. The van der Waals surface area contributed by atoms with Crippen LogP contribution in [0.3, 0.4) is 0 Å². The number of carbonyl (C=O) groups is 2. The maximum Gasteiger partial charge on any atom is 0.328 e. The minimum absolute atomic E-state index is 0.0678. The molecular weight excluding hydrogens is 519 g/mol. The minimum atomic E-state index is -0.671. The van der Waals surface area contributed by atoms with E-state index in [0.29, 0.717) is 48.3 Å². The van der Waals surface area contributed by atoms with Gasteiger partial charge in [-0.05, 0) is 51.3 Å². The van der Waals surface area contributed by atoms with Gasteiger partial charge in [-0.1, -0.05) is 12.1 Å². The van der Waals surface area contributed by atoms with Gasteiger partial charge in [0.2, 0.25) is 0 Å². The number of benzene rings is 2. The smallest absolute Gasteiger partial charge is 0.328 e. The summed E-state index contributed by atoms with van der Waals surface area (Å²) in [4.78, 5) is 35.7. The first kappa shape index (κ1) is 22.5. The van der Waals surface area contributed by atoms with Gasteiger partial charge in [-0.2, -0.15) is 0 Å². The van der Waals surface area contributed by atoms with Crippen LogP contribution in [0.15, 0.2) is 40.9 Å². The van der Waals surface area contributed by atoms with Crippen LogP contribution >= 0.6 is 15.9 Å². The molecule has 10 heteroatoms. The van der Waals surface area contributed by atoms with Crippen LogP contribution < -0.4 is 0 Å². The van der Waals surface area contributed by atoms with Crippen molar-refractivity contribution in [2.45, 2.75) is 18.5 Å². The van der Waals surface area contributed by atoms with Crippen LogP contribution in [0.25, 0.3) is 10.9 Å². The molecule has 2 aromatic carbocycles. The molecule has 3 aromatic rings. The lowest BCUT2D eigenvalue weighted by Crippen LogP contribution is -2.44. The zero-order chi connectivity index (χ0) is 24.3. The Balaban J connectivity index is 1.42. The van der Waals surface area contributed by atoms with E-state index in [1.807, 2.05) is 6.07 Å². The predicted molar refractivity (Wildman–Crippen MR) is 130 cm³/mol. The Morgan fingerprint density at radius 1 is 1.14 bits per heavy atom. The highest BCUT2D eigenvalue weighted by Gasteiger charge is 2.52. The number of phenols is 1. The van der Waals surface area contributed by atoms with Gasteiger partial charge in [-0.25, -0.2) is 9.18 Å². The number of imide groups is 1. The molecule has 3 amide bonds. The molecule has 0 spiro atoms. The average Bonchev–Trinajstić information content (AvgIpc) is 3.31. The summed E-state index contributed by atoms with van der Waals surface area (Å²) in [7, 11) is 0. The fourth-order valence-electron chi connectivity index (χ4n) is 5.49. The number of phenolic OH excluding ortho intramolecular Hbond substituents is 1. The monoisotopic (exact) mass is 542 g/mol. The average molecular weight is 543 g/mol. The lowest BCUT2D eigenvalue weighted by molar-refractivity contribution is -0.128. The number of nitrogens with zero attached hydrogens (tertiary/aromatic N) is 3. The van der Waals surface area contributed by atoms with E-state index in [2.05, 4.69) is 25.8 Å². The number of amides is 3. The maximum absolute atomic E-state index is 14.3. The third-order valence-electron chi connectivity index (χ3n) is 7.20. The molecule has 2 fully saturated rings. The van der Waals surface area contributed by atoms with Crippen LogP contribution in [-0.2, 0) is 16.0 Å². The third kappa shape index (κ3) is 3.71. The number of H-pyrrole nitrogens is 1. The normalized spacial score (nSPS) is 22.7. The maximum atomic E-state index is 14.3. The second-order valence-electron chi connectivity index (χ2n) is 9.18. The second-order valence-corrected chi connectivity index (χ2v) is 10.0. The molecule has 4 heterocycles. The molecule has 0 bridgehead atoms. The summed E-state index contributed by atoms with van der Waals surface area (Å²) < 4.78 is 20.0. The zero-order valence-electron chi connectivity index (χ0n) is 18.8. The summed E-state index contributed by atoms with van der Waals surface area (Å²) in [5.41, 5.74) is 2.89. The SMILES string of the molecule is O=C1C2Cc3c([nH]c4cc(F)c(Br)cc34)C(c3cccc(O)c3)N2C(=O)N1CCN1CCOCC1. The molecule has 2 saturated heterocycles. The molecule has 2 N–H and O–H groups in total. The highest BCUT2D eigenvalue weighted by molar-refractivity contribution is 9.10. The van der Waals surface area contributed by atoms with Crippen LogP contribution in [0.5, 0.6) is 5.75 Å². The molecule has 2 atom stereocenters. The van der Waals surface area contributed by atoms with E-state index >= 15 is 0 Å². The number of hydrogen-bond acceptors (Lipinski definition) is 5. The fraction of sp³-hybridized carbons (Fsp3) is 0.360. The third-order valence-corrected chi connectivity index (χ3v) is 7.80. The van der Waals surface area contributed by atoms with Gasteiger partial charge in [0.25, 0.3) is 5.91 Å². The van der Waals surface area contributed by atoms with E-state index in [1.165, 1.54) is 11.0 Å². The molecule has 0 saturated carbocycles. The lowest BCUT2D eigenvalue weighted by Gasteiger charge is -2.36. The summed E-state index contributed by atoms with van der Waals surface area (Å²) in [6.45, 7) is 3.75. The molecule has 1 aromatic heterocycles. The number of aromatic hydroxyl groups is 1. The Labute approximate surface area is 209 Å². The molecule has 182 valence electrons. The van der Waals surface area contributed by atoms with Crippen molar-refractivity contribution in [1.29, 1.82) is 0 Å². The lowest BCUT2D eigenvalue weighted by atomic mass is 9.89. The molecule has 0 radical (unpaired) electrons. The summed E-state index contributed by atoms with van der Waals surface area (Å²) in [6, 6.07) is 8.20. The highest BCUT2D eigenvalue weighted by Crippen LogP contribution is 2.45. The first-order valence-electron chi connectivity index (χ1n) is 11.6. The van der Waals surface area contributed by atoms with Crippen molar-refractivity contribution in [2.75, 3.05) is 39.4 Å². The number of urea groups is 1. The Bertz CT molecular complexity index is 1340. The van der Waals surface area contributed by atoms with Crippen LogP contribution in [-0.4, -0.2) is 82.2 Å². The van der Waals surface area contributed by atoms with E-state index < -0.39 is 17.9 Å². The largest absolute Gasteiger partial charge is 0.508 e. The summed E-state index contributed by atoms with van der Waals surface area (Å²) in [5.74, 6) is -0.556. The van der Waals surface area contributed by atoms with Crippen molar-refractivity contribution >= 4 is 38.8 Å². The van der Waals surface area contributed by atoms with Crippen molar-refractivity contribution in [2.24, 2.45) is 0 Å². The molecule has 3 aliphatic heterocycles. The number of morpholine rings is 1. The first-order valence-corrected chi connectivity index (χ1v) is 12.4. The number of ether oxygens (including phenoxy) is 1. The summed E-state index contributed by atoms with van der Waals surface area (Å²) in [6.07, 6.45) is 0.335. The fourth-order valence-corrected chi connectivity index (χ4v) is 5.83. The Morgan fingerprint density at radius 2 is 1.94 bits per heavy atom. The standard InChI is InChI=1S/C25H24BrFN4O4/c26-18-11-16-17-12-21-24(33)30(5-4-29-6-8-35-9-7-29)25(34)31(21)23(14-2-1-3-15(32)10-14)22(17)28-20(16)13-19(18)27/h1-3,10-11,13,21,23,28,32H,4-9,12H2. The summed E-state index contributed by atoms with van der Waals surface area (Å²) in [5, 5.41) is 11.0. The molecule has 6 rings (SSSR count). The topological polar surface area (TPSA) is 89.1 Å². The van der Waals surface area contributed by atoms with Crippen molar-refractivity contribution in [3.63, 3.8) is 0 Å². The number of carbonyl (C=O) groups excluding carboxylic acids is 2. The van der Waals surface area contributed by atoms with Crippen LogP contribution in [0.4, 0.5) is 9.18 Å². The molecule has 0 aliphatic carbocycles. The molecule has 8 nitrogen and oxygen atoms in total. The van der Waals surface area contributed by atoms with E-state index in [0.717, 1.165) is 29.7 Å². The van der Waals surface area contributed by atoms with Gasteiger partial charge in [0, 0.05) is 49.2 Å². The quantitative estimate of drug-likeness (QED) is 0.493. The minimum Gasteiger partial charge on any atom is -0.508 e. The van der Waals surface area contributed by atoms with Crippen molar-refractivity contribution < 1.29 is 23.8 Å². The van der Waals surface area contributed by atoms with Gasteiger partial charge in [-0.15, -0.1) is 0 Å². The van der Waals surface area contributed by atoms with Gasteiger partial charge < -0.3 is 14.8 Å². The van der Waals surface area contributed by atoms with Crippen molar-refractivity contribution in [3.05, 3.63) is 63.5 Å². The van der Waals surface area contributed by atoms with E-state index in [9.17, 15) is 19.1 Å². The Kier molecular flexibility index (Phi) is 5.54. The van der Waals surface area contributed by atoms with Crippen molar-refractivity contribution in [1.82, 2.24) is 19.7 Å². The van der Waals surface area contributed by atoms with Crippen LogP contribution in [0, 0.1) is 5.82 Å². The van der Waals surface area contributed by atoms with E-state index in [4.69, 9.17) is 4.74 Å². The van der Waals surface area contributed by atoms with Crippen molar-refractivity contribution in [3.8, 4) is 5.75 Å². The number of nitrogens with one attached hydrogen (secondary N) is 1. The number of aromatic amines is 1. The number of rotatable bonds is 4. The first-order chi connectivity index (χ1) is 16.9. The molecule has 2 unspecified atom stereocenters. The van der Waals surface area contributed by atoms with Gasteiger partial charge in [0.1, 0.15) is 23.7 Å². The Hall–Kier alpha value is -2.95. The Morgan fingerprint density at radius 3 is 2.71 bits per heavy atom. The molecule has 3 aliphatic rings. The number of aromatic nitrogens is 1. The van der Waals surface area contributed by atoms with Gasteiger partial charge in [0.15, 0.2) is 0 Å². The molecule has 35 heavy (non-hydrogen) atoms. The van der Waals surface area contributed by atoms with Crippen LogP contribution in [0.1, 0.15) is 22.9 Å². The second kappa shape index (κ2) is 8.61. The van der Waals surface area contributed by atoms with Gasteiger partial charge >= 0.3 is 6.03 Å². The number of fused-ring (bicyclic) bond motifs is 4. The van der Waals surface area contributed by atoms with E-state index in [-0.39, 0.29) is 17.7 Å². The zero-order valence-corrected chi connectivity index (χ0v) is 20.4. The molecular formula is C25H24BrFN4O4. The van der Waals surface area contributed by atoms with Crippen LogP contribution in [0.2, 0.25) is 0 Å². The number of hydrogen-bond donors (Lipinski definition) is 2. The van der Waals surface area contributed by atoms with Gasteiger partial charge in [0.05, 0.1) is 17.7 Å². The highest BCUT2D eigenvalue weighted by atomic mass is 79.9. The number of halogens is 2. The summed E-state index contributed by atoms with van der Waals surface area (Å²) >= 11 is 3.27. The van der Waals surface area contributed by atoms with E-state index in [1.54, 1.807) is 29.2 Å². The van der Waals surface area contributed by atoms with Gasteiger partial charge in [-0.3, -0.25) is 19.5 Å².